The zero-order valence-corrected chi connectivity index (χ0v) is 6.72. The Labute approximate surface area is 74.3 Å². The molecule has 1 aromatic heterocycles. The van der Waals surface area contributed by atoms with E-state index in [0.29, 0.717) is 15.2 Å². The van der Waals surface area contributed by atoms with Crippen LogP contribution in [0, 0.1) is 4.51 Å². The highest BCUT2D eigenvalue weighted by molar-refractivity contribution is 7.71. The van der Waals surface area contributed by atoms with E-state index in [-0.39, 0.29) is 6.42 Å². The lowest BCUT2D eigenvalue weighted by atomic mass is 10.3. The smallest absolute Gasteiger partial charge is 0.0779 e. The van der Waals surface area contributed by atoms with Crippen molar-refractivity contribution in [2.24, 2.45) is 0 Å². The van der Waals surface area contributed by atoms with Gasteiger partial charge in [0.15, 0.2) is 0 Å². The highest BCUT2D eigenvalue weighted by atomic mass is 35.5. The van der Waals surface area contributed by atoms with Crippen molar-refractivity contribution in [3.63, 3.8) is 0 Å². The molecule has 0 amide bonds. The summed E-state index contributed by atoms with van der Waals surface area (Å²) in [6.07, 6.45) is 1.51. The van der Waals surface area contributed by atoms with E-state index in [1.165, 1.54) is 0 Å². The van der Waals surface area contributed by atoms with Crippen LogP contribution in [0.1, 0.15) is 16.7 Å². The summed E-state index contributed by atoms with van der Waals surface area (Å²) in [4.78, 5) is 2.78. The Morgan fingerprint density at radius 1 is 1.90 bits per heavy atom. The lowest BCUT2D eigenvalue weighted by Crippen LogP contribution is -1.86. The molecular formula is C7H8ClNS. The van der Waals surface area contributed by atoms with Gasteiger partial charge in [0.1, 0.15) is 0 Å². The van der Waals surface area contributed by atoms with E-state index in [1.807, 2.05) is 0 Å². The van der Waals surface area contributed by atoms with E-state index in [2.05, 4.69) is 4.98 Å². The molecule has 0 spiro atoms. The maximum absolute atomic E-state index is 7.06. The Bertz CT molecular complexity index is 357. The number of aromatic amines is 1. The zero-order chi connectivity index (χ0) is 10.1. The first kappa shape index (κ1) is 4.52. The number of rotatable bonds is 1. The Balaban J connectivity index is 3.03. The van der Waals surface area contributed by atoms with Gasteiger partial charge in [0.2, 0.25) is 0 Å². The van der Waals surface area contributed by atoms with Crippen molar-refractivity contribution in [3.05, 3.63) is 27.5 Å². The third-order valence-electron chi connectivity index (χ3n) is 1.15. The first-order valence-corrected chi connectivity index (χ1v) is 3.55. The van der Waals surface area contributed by atoms with Gasteiger partial charge in [-0.25, -0.2) is 0 Å². The quantitative estimate of drug-likeness (QED) is 0.651. The fourth-order valence-electron chi connectivity index (χ4n) is 0.632. The zero-order valence-electron chi connectivity index (χ0n) is 8.15. The molecule has 1 nitrogen and oxygen atoms in total. The first-order valence-electron chi connectivity index (χ1n) is 4.26. The molecule has 1 rings (SSSR count). The van der Waals surface area contributed by atoms with E-state index >= 15 is 0 Å². The number of pyridine rings is 1. The van der Waals surface area contributed by atoms with Crippen molar-refractivity contribution in [1.82, 2.24) is 4.98 Å². The van der Waals surface area contributed by atoms with Crippen molar-refractivity contribution in [3.8, 4) is 0 Å². The second kappa shape index (κ2) is 3.17. The molecule has 1 heterocycles. The number of nitrogens with one attached hydrogen (secondary N) is 1. The Morgan fingerprint density at radius 2 is 2.70 bits per heavy atom. The topological polar surface area (TPSA) is 15.8 Å². The molecule has 54 valence electrons. The fourth-order valence-corrected chi connectivity index (χ4v) is 1.01. The third kappa shape index (κ3) is 1.39. The monoisotopic (exact) mass is 176 g/mol. The Kier molecular flexibility index (Phi) is 1.43. The predicted molar refractivity (Wildman–Crippen MR) is 46.0 cm³/mol. The van der Waals surface area contributed by atoms with Gasteiger partial charge in [0.05, 0.1) is 9.53 Å². The van der Waals surface area contributed by atoms with Crippen LogP contribution >= 0.6 is 23.8 Å². The van der Waals surface area contributed by atoms with Gasteiger partial charge >= 0.3 is 0 Å². The Hall–Kier alpha value is -0.340. The molecule has 0 unspecified atom stereocenters. The maximum atomic E-state index is 7.06. The van der Waals surface area contributed by atoms with Gasteiger partial charge in [0, 0.05) is 16.0 Å². The van der Waals surface area contributed by atoms with Crippen LogP contribution in [-0.4, -0.2) is 4.98 Å². The summed E-state index contributed by atoms with van der Waals surface area (Å²) in [6, 6.07) is 1.63. The average molecular weight is 177 g/mol. The lowest BCUT2D eigenvalue weighted by molar-refractivity contribution is 1.03. The molecule has 10 heavy (non-hydrogen) atoms. The van der Waals surface area contributed by atoms with Crippen LogP contribution in [-0.2, 0) is 6.42 Å². The van der Waals surface area contributed by atoms with Crippen molar-refractivity contribution >= 4 is 23.8 Å². The normalized spacial score (nSPS) is 15.5. The minimum atomic E-state index is -2.02. The summed E-state index contributed by atoms with van der Waals surface area (Å²) < 4.78 is 21.6. The largest absolute Gasteiger partial charge is 0.364 e. The van der Waals surface area contributed by atoms with Crippen LogP contribution in [0.25, 0.3) is 0 Å². The summed E-state index contributed by atoms with van der Waals surface area (Å²) in [5.41, 5.74) is 0.467. The minimum Gasteiger partial charge on any atom is -0.364 e. The summed E-state index contributed by atoms with van der Waals surface area (Å²) in [7, 11) is 0. The molecule has 1 N–H and O–H groups in total. The fraction of sp³-hybridized carbons (Fsp3) is 0.286. The Morgan fingerprint density at radius 3 is 3.40 bits per heavy atom. The van der Waals surface area contributed by atoms with Crippen LogP contribution in [0.2, 0.25) is 5.02 Å². The van der Waals surface area contributed by atoms with Crippen LogP contribution in [0.3, 0.4) is 0 Å². The second-order valence-corrected chi connectivity index (χ2v) is 2.63. The lowest BCUT2D eigenvalue weighted by Gasteiger charge is -1.98. The van der Waals surface area contributed by atoms with Crippen molar-refractivity contribution in [2.75, 3.05) is 0 Å². The summed E-state index contributed by atoms with van der Waals surface area (Å²) in [6.45, 7) is -2.02. The van der Waals surface area contributed by atoms with Gasteiger partial charge in [-0.3, -0.25) is 0 Å². The molecule has 0 bridgehead atoms. The molecule has 0 aliphatic rings. The van der Waals surface area contributed by atoms with Crippen LogP contribution in [0.15, 0.2) is 12.3 Å². The minimum absolute atomic E-state index is 0.0870. The number of aryl methyl sites for hydroxylation is 1. The molecule has 0 saturated heterocycles. The van der Waals surface area contributed by atoms with E-state index in [4.69, 9.17) is 27.9 Å². The number of halogens is 1. The number of aromatic nitrogens is 1. The van der Waals surface area contributed by atoms with E-state index < -0.39 is 6.85 Å². The highest BCUT2D eigenvalue weighted by Gasteiger charge is 1.96. The SMILES string of the molecule is [2H]C([2H])([2H])Cc1[nH]ccc(=S)c1Cl. The van der Waals surface area contributed by atoms with Gasteiger partial charge in [-0.2, -0.15) is 0 Å². The molecule has 1 aromatic rings. The van der Waals surface area contributed by atoms with Crippen LogP contribution in [0.4, 0.5) is 0 Å². The third-order valence-corrected chi connectivity index (χ3v) is 2.03. The van der Waals surface area contributed by atoms with Crippen molar-refractivity contribution < 1.29 is 4.11 Å². The van der Waals surface area contributed by atoms with E-state index in [9.17, 15) is 0 Å². The van der Waals surface area contributed by atoms with Crippen LogP contribution in [0.5, 0.6) is 0 Å². The first-order chi connectivity index (χ1) is 5.90. The molecule has 0 atom stereocenters. The number of hydrogen-bond donors (Lipinski definition) is 1. The van der Waals surface area contributed by atoms with Gasteiger partial charge < -0.3 is 4.98 Å². The van der Waals surface area contributed by atoms with Gasteiger partial charge in [-0.1, -0.05) is 30.7 Å². The summed E-state index contributed by atoms with van der Waals surface area (Å²) in [5, 5.41) is 0.327. The van der Waals surface area contributed by atoms with E-state index in [1.54, 1.807) is 12.3 Å². The average Bonchev–Trinajstić information content (AvgIpc) is 1.96. The van der Waals surface area contributed by atoms with Crippen LogP contribution < -0.4 is 0 Å². The second-order valence-electron chi connectivity index (χ2n) is 1.81. The highest BCUT2D eigenvalue weighted by Crippen LogP contribution is 2.14. The molecule has 0 aromatic carbocycles. The molecule has 0 radical (unpaired) electrons. The summed E-state index contributed by atoms with van der Waals surface area (Å²) >= 11 is 10.7. The maximum Gasteiger partial charge on any atom is 0.0779 e. The van der Waals surface area contributed by atoms with Gasteiger partial charge in [-0.05, 0) is 12.5 Å². The predicted octanol–water partition coefficient (Wildman–Crippen LogP) is 2.96. The van der Waals surface area contributed by atoms with Gasteiger partial charge in [0.25, 0.3) is 0 Å². The standard InChI is InChI=1S/C7H8ClNS/c1-2-5-7(8)6(10)3-4-9-5/h3-4H,2H2,1H3,(H,9,10)/i1D3. The molecule has 3 heteroatoms. The van der Waals surface area contributed by atoms with Crippen molar-refractivity contribution in [2.45, 2.75) is 13.3 Å². The molecular weight excluding hydrogens is 166 g/mol. The molecule has 0 aliphatic heterocycles. The summed E-state index contributed by atoms with van der Waals surface area (Å²) in [5.74, 6) is 0. The molecule has 0 fully saturated rings. The number of hydrogen-bond acceptors (Lipinski definition) is 1. The number of H-pyrrole nitrogens is 1. The van der Waals surface area contributed by atoms with Crippen molar-refractivity contribution in [1.29, 1.82) is 0 Å². The van der Waals surface area contributed by atoms with Gasteiger partial charge in [-0.15, -0.1) is 0 Å². The molecule has 0 saturated carbocycles. The van der Waals surface area contributed by atoms with E-state index in [0.717, 1.165) is 0 Å². The molecule has 0 aliphatic carbocycles.